The van der Waals surface area contributed by atoms with Crippen LogP contribution < -0.4 is 9.47 Å². The minimum Gasteiger partial charge on any atom is -0.454 e. The fourth-order valence-corrected chi connectivity index (χ4v) is 3.01. The zero-order chi connectivity index (χ0) is 14.8. The van der Waals surface area contributed by atoms with Gasteiger partial charge < -0.3 is 14.6 Å². The lowest BCUT2D eigenvalue weighted by Gasteiger charge is -2.35. The van der Waals surface area contributed by atoms with Crippen LogP contribution >= 0.6 is 0 Å². The van der Waals surface area contributed by atoms with Gasteiger partial charge >= 0.3 is 0 Å². The van der Waals surface area contributed by atoms with Gasteiger partial charge in [-0.1, -0.05) is 17.7 Å². The molecule has 21 heavy (non-hydrogen) atoms. The lowest BCUT2D eigenvalue weighted by molar-refractivity contribution is 0.0568. The van der Waals surface area contributed by atoms with Crippen LogP contribution in [0.25, 0.3) is 0 Å². The van der Waals surface area contributed by atoms with Crippen LogP contribution in [0.5, 0.6) is 11.5 Å². The summed E-state index contributed by atoms with van der Waals surface area (Å²) in [6, 6.07) is 6.01. The summed E-state index contributed by atoms with van der Waals surface area (Å²) in [6.07, 6.45) is 2.86. The normalized spacial score (nSPS) is 24.9. The first-order valence-corrected chi connectivity index (χ1v) is 7.57. The van der Waals surface area contributed by atoms with Gasteiger partial charge in [0.2, 0.25) is 6.79 Å². The number of β-amino-alcohol motifs (C(OH)–C–C–N with tert-alkyl or cyclic N) is 1. The molecule has 2 heterocycles. The molecule has 2 aliphatic heterocycles. The summed E-state index contributed by atoms with van der Waals surface area (Å²) in [5.41, 5.74) is 2.47. The van der Waals surface area contributed by atoms with Gasteiger partial charge in [0.1, 0.15) is 0 Å². The van der Waals surface area contributed by atoms with E-state index in [-0.39, 0.29) is 12.0 Å². The maximum Gasteiger partial charge on any atom is 0.231 e. The molecule has 2 atom stereocenters. The Labute approximate surface area is 126 Å². The third-order valence-electron chi connectivity index (χ3n) is 4.25. The second-order valence-electron chi connectivity index (χ2n) is 6.12. The van der Waals surface area contributed by atoms with Crippen molar-refractivity contribution in [3.8, 4) is 11.5 Å². The van der Waals surface area contributed by atoms with Crippen LogP contribution in [0, 0.1) is 0 Å². The fourth-order valence-electron chi connectivity index (χ4n) is 3.01. The Morgan fingerprint density at radius 1 is 1.33 bits per heavy atom. The van der Waals surface area contributed by atoms with Gasteiger partial charge in [0.25, 0.3) is 0 Å². The van der Waals surface area contributed by atoms with E-state index in [4.69, 9.17) is 9.47 Å². The third kappa shape index (κ3) is 3.22. The number of fused-ring (bicyclic) bond motifs is 1. The van der Waals surface area contributed by atoms with E-state index < -0.39 is 0 Å². The van der Waals surface area contributed by atoms with Crippen LogP contribution in [0.3, 0.4) is 0 Å². The molecule has 1 N–H and O–H groups in total. The van der Waals surface area contributed by atoms with Crippen molar-refractivity contribution in [1.82, 2.24) is 4.90 Å². The van der Waals surface area contributed by atoms with Gasteiger partial charge in [-0.15, -0.1) is 0 Å². The van der Waals surface area contributed by atoms with E-state index in [0.29, 0.717) is 6.79 Å². The first kappa shape index (κ1) is 14.4. The standard InChI is InChI=1S/C17H23NO3/c1-12(2)5-7-18-8-6-14(15(19)10-18)13-3-4-16-17(9-13)21-11-20-16/h3-5,9,14-15,19H,6-8,10-11H2,1-2H3/t14-,15+/m0/s1. The van der Waals surface area contributed by atoms with Crippen LogP contribution in [0.4, 0.5) is 0 Å². The quantitative estimate of drug-likeness (QED) is 0.868. The van der Waals surface area contributed by atoms with Gasteiger partial charge in [-0.05, 0) is 44.5 Å². The summed E-state index contributed by atoms with van der Waals surface area (Å²) in [5.74, 6) is 1.78. The molecular formula is C17H23NO3. The summed E-state index contributed by atoms with van der Waals surface area (Å²) in [6.45, 7) is 7.17. The molecule has 0 saturated carbocycles. The van der Waals surface area contributed by atoms with Gasteiger partial charge in [0.05, 0.1) is 6.10 Å². The molecule has 4 nitrogen and oxygen atoms in total. The van der Waals surface area contributed by atoms with Crippen molar-refractivity contribution in [2.24, 2.45) is 0 Å². The predicted octanol–water partition coefficient (Wildman–Crippen LogP) is 2.53. The molecule has 1 saturated heterocycles. The molecular weight excluding hydrogens is 266 g/mol. The number of likely N-dealkylation sites (tertiary alicyclic amines) is 1. The van der Waals surface area contributed by atoms with Gasteiger partial charge in [0.15, 0.2) is 11.5 Å². The minimum absolute atomic E-state index is 0.183. The number of nitrogens with zero attached hydrogens (tertiary/aromatic N) is 1. The molecule has 0 aromatic heterocycles. The molecule has 0 aliphatic carbocycles. The van der Waals surface area contributed by atoms with Gasteiger partial charge in [-0.2, -0.15) is 0 Å². The SMILES string of the molecule is CC(C)=CCN1CC[C@@H](c2ccc3c(c2)OCO3)[C@H](O)C1. The summed E-state index contributed by atoms with van der Waals surface area (Å²) < 4.78 is 10.8. The van der Waals surface area contributed by atoms with E-state index in [1.54, 1.807) is 0 Å². The second kappa shape index (κ2) is 6.08. The van der Waals surface area contributed by atoms with Crippen molar-refractivity contribution >= 4 is 0 Å². The molecule has 2 aliphatic rings. The largest absolute Gasteiger partial charge is 0.454 e. The maximum absolute atomic E-state index is 10.5. The number of hydrogen-bond acceptors (Lipinski definition) is 4. The Morgan fingerprint density at radius 3 is 2.90 bits per heavy atom. The Balaban J connectivity index is 1.66. The monoisotopic (exact) mass is 289 g/mol. The van der Waals surface area contributed by atoms with Gasteiger partial charge in [-0.25, -0.2) is 0 Å². The number of piperidine rings is 1. The van der Waals surface area contributed by atoms with E-state index >= 15 is 0 Å². The molecule has 114 valence electrons. The van der Waals surface area contributed by atoms with Gasteiger partial charge in [0, 0.05) is 19.0 Å². The molecule has 0 spiro atoms. The zero-order valence-electron chi connectivity index (χ0n) is 12.7. The summed E-state index contributed by atoms with van der Waals surface area (Å²) in [5, 5.41) is 10.5. The van der Waals surface area contributed by atoms with E-state index in [0.717, 1.165) is 43.1 Å². The smallest absolute Gasteiger partial charge is 0.231 e. The highest BCUT2D eigenvalue weighted by Gasteiger charge is 2.29. The topological polar surface area (TPSA) is 41.9 Å². The molecule has 0 amide bonds. The van der Waals surface area contributed by atoms with E-state index in [9.17, 15) is 5.11 Å². The highest BCUT2D eigenvalue weighted by Crippen LogP contribution is 2.37. The molecule has 1 fully saturated rings. The fraction of sp³-hybridized carbons (Fsp3) is 0.529. The molecule has 1 aromatic carbocycles. The van der Waals surface area contributed by atoms with E-state index in [1.807, 2.05) is 18.2 Å². The Bertz CT molecular complexity index is 537. The van der Waals surface area contributed by atoms with Crippen LogP contribution in [-0.4, -0.2) is 42.5 Å². The highest BCUT2D eigenvalue weighted by atomic mass is 16.7. The second-order valence-corrected chi connectivity index (χ2v) is 6.12. The lowest BCUT2D eigenvalue weighted by Crippen LogP contribution is -2.42. The van der Waals surface area contributed by atoms with Crippen LogP contribution in [0.1, 0.15) is 31.7 Å². The van der Waals surface area contributed by atoms with Crippen molar-refractivity contribution in [3.05, 3.63) is 35.4 Å². The number of aliphatic hydroxyl groups excluding tert-OH is 1. The van der Waals surface area contributed by atoms with E-state index in [2.05, 4.69) is 24.8 Å². The number of hydrogen-bond donors (Lipinski definition) is 1. The molecule has 1 aromatic rings. The van der Waals surface area contributed by atoms with Crippen LogP contribution in [0.2, 0.25) is 0 Å². The first-order valence-electron chi connectivity index (χ1n) is 7.57. The third-order valence-corrected chi connectivity index (χ3v) is 4.25. The number of rotatable bonds is 3. The first-order chi connectivity index (χ1) is 10.1. The average molecular weight is 289 g/mol. The average Bonchev–Trinajstić information content (AvgIpc) is 2.92. The zero-order valence-corrected chi connectivity index (χ0v) is 12.7. The van der Waals surface area contributed by atoms with Crippen LogP contribution in [-0.2, 0) is 0 Å². The van der Waals surface area contributed by atoms with Crippen molar-refractivity contribution in [1.29, 1.82) is 0 Å². The molecule has 3 rings (SSSR count). The molecule has 0 unspecified atom stereocenters. The van der Waals surface area contributed by atoms with Crippen LogP contribution in [0.15, 0.2) is 29.8 Å². The lowest BCUT2D eigenvalue weighted by atomic mass is 9.87. The Hall–Kier alpha value is -1.52. The van der Waals surface area contributed by atoms with Crippen molar-refractivity contribution in [2.75, 3.05) is 26.4 Å². The molecule has 4 heteroatoms. The highest BCUT2D eigenvalue weighted by molar-refractivity contribution is 5.45. The number of ether oxygens (including phenoxy) is 2. The molecule has 0 radical (unpaired) electrons. The number of benzene rings is 1. The minimum atomic E-state index is -0.329. The van der Waals surface area contributed by atoms with E-state index in [1.165, 1.54) is 5.57 Å². The van der Waals surface area contributed by atoms with Crippen molar-refractivity contribution < 1.29 is 14.6 Å². The summed E-state index contributed by atoms with van der Waals surface area (Å²) in [4.78, 5) is 2.31. The number of allylic oxidation sites excluding steroid dienone is 1. The predicted molar refractivity (Wildman–Crippen MR) is 81.8 cm³/mol. The summed E-state index contributed by atoms with van der Waals surface area (Å²) >= 11 is 0. The summed E-state index contributed by atoms with van der Waals surface area (Å²) in [7, 11) is 0. The van der Waals surface area contributed by atoms with Crippen molar-refractivity contribution in [2.45, 2.75) is 32.3 Å². The number of aliphatic hydroxyl groups is 1. The Kier molecular flexibility index (Phi) is 4.17. The van der Waals surface area contributed by atoms with Crippen molar-refractivity contribution in [3.63, 3.8) is 0 Å². The maximum atomic E-state index is 10.5. The molecule has 0 bridgehead atoms. The Morgan fingerprint density at radius 2 is 2.14 bits per heavy atom. The van der Waals surface area contributed by atoms with Gasteiger partial charge in [-0.3, -0.25) is 4.90 Å².